The maximum Gasteiger partial charge on any atom is 0.257 e. The van der Waals surface area contributed by atoms with E-state index >= 15 is 0 Å². The molecule has 2 aliphatic rings. The van der Waals surface area contributed by atoms with E-state index in [1.165, 1.54) is 23.5 Å². The van der Waals surface area contributed by atoms with Crippen molar-refractivity contribution < 1.29 is 13.2 Å². The largest absolute Gasteiger partial charge is 0.296 e. The second kappa shape index (κ2) is 7.53. The Balaban J connectivity index is 1.45. The summed E-state index contributed by atoms with van der Waals surface area (Å²) in [5, 5.41) is 12.3. The summed E-state index contributed by atoms with van der Waals surface area (Å²) >= 11 is 1.40. The Morgan fingerprint density at radius 1 is 1.11 bits per heavy atom. The van der Waals surface area contributed by atoms with Crippen molar-refractivity contribution in [1.29, 1.82) is 0 Å². The van der Waals surface area contributed by atoms with Crippen LogP contribution in [0.3, 0.4) is 0 Å². The van der Waals surface area contributed by atoms with Crippen molar-refractivity contribution in [2.75, 3.05) is 18.4 Å². The molecular formula is C19H24N4O3S2. The van der Waals surface area contributed by atoms with Gasteiger partial charge in [0, 0.05) is 24.6 Å². The van der Waals surface area contributed by atoms with Gasteiger partial charge in [-0.1, -0.05) is 25.2 Å². The minimum atomic E-state index is -3.55. The number of nitrogens with zero attached hydrogens (tertiary/aromatic N) is 3. The van der Waals surface area contributed by atoms with Crippen molar-refractivity contribution in [2.24, 2.45) is 11.8 Å². The number of sulfonamides is 1. The molecule has 0 spiro atoms. The van der Waals surface area contributed by atoms with Gasteiger partial charge in [0.1, 0.15) is 5.01 Å². The molecule has 2 atom stereocenters. The molecule has 4 rings (SSSR count). The molecule has 1 aromatic heterocycles. The quantitative estimate of drug-likeness (QED) is 0.801. The van der Waals surface area contributed by atoms with Crippen LogP contribution in [0.15, 0.2) is 29.2 Å². The maximum absolute atomic E-state index is 12.9. The second-order valence-electron chi connectivity index (χ2n) is 7.97. The monoisotopic (exact) mass is 420 g/mol. The van der Waals surface area contributed by atoms with Crippen molar-refractivity contribution in [1.82, 2.24) is 14.5 Å². The van der Waals surface area contributed by atoms with Crippen LogP contribution < -0.4 is 5.32 Å². The van der Waals surface area contributed by atoms with Gasteiger partial charge < -0.3 is 0 Å². The summed E-state index contributed by atoms with van der Waals surface area (Å²) in [6.07, 6.45) is 3.30. The third-order valence-corrected chi connectivity index (χ3v) is 8.02. The Labute approximate surface area is 169 Å². The third kappa shape index (κ3) is 4.11. The normalized spacial score (nSPS) is 23.5. The Morgan fingerprint density at radius 2 is 1.75 bits per heavy atom. The van der Waals surface area contributed by atoms with E-state index in [1.807, 2.05) is 0 Å². The highest BCUT2D eigenvalue weighted by atomic mass is 32.2. The molecule has 7 nitrogen and oxygen atoms in total. The topological polar surface area (TPSA) is 92.3 Å². The number of rotatable bonds is 5. The number of amides is 1. The molecule has 2 heterocycles. The Bertz CT molecular complexity index is 957. The highest BCUT2D eigenvalue weighted by Crippen LogP contribution is 2.42. The van der Waals surface area contributed by atoms with Gasteiger partial charge in [0.15, 0.2) is 0 Å². The molecule has 1 aliphatic carbocycles. The van der Waals surface area contributed by atoms with Gasteiger partial charge in [-0.15, -0.1) is 10.2 Å². The van der Waals surface area contributed by atoms with E-state index in [1.54, 1.807) is 16.4 Å². The first-order valence-corrected chi connectivity index (χ1v) is 11.8. The molecule has 0 bridgehead atoms. The fraction of sp³-hybridized carbons (Fsp3) is 0.526. The van der Waals surface area contributed by atoms with Gasteiger partial charge >= 0.3 is 0 Å². The lowest BCUT2D eigenvalue weighted by Crippen LogP contribution is -2.42. The molecule has 1 amide bonds. The lowest BCUT2D eigenvalue weighted by molar-refractivity contribution is 0.102. The number of piperidine rings is 1. The number of carbonyl (C=O) groups is 1. The van der Waals surface area contributed by atoms with Crippen molar-refractivity contribution in [3.05, 3.63) is 34.8 Å². The number of anilines is 1. The summed E-state index contributed by atoms with van der Waals surface area (Å²) in [6, 6.07) is 6.09. The molecule has 9 heteroatoms. The van der Waals surface area contributed by atoms with E-state index in [0.717, 1.165) is 24.3 Å². The van der Waals surface area contributed by atoms with Crippen LogP contribution in [0.4, 0.5) is 5.13 Å². The number of hydrogen-bond donors (Lipinski definition) is 1. The first-order chi connectivity index (χ1) is 13.3. The number of carbonyl (C=O) groups excluding carboxylic acids is 1. The molecule has 150 valence electrons. The molecule has 1 N–H and O–H groups in total. The minimum Gasteiger partial charge on any atom is -0.296 e. The van der Waals surface area contributed by atoms with Gasteiger partial charge in [-0.05, 0) is 55.4 Å². The van der Waals surface area contributed by atoms with E-state index in [0.29, 0.717) is 41.5 Å². The predicted molar refractivity (Wildman–Crippen MR) is 108 cm³/mol. The Hall–Kier alpha value is -1.84. The van der Waals surface area contributed by atoms with E-state index in [4.69, 9.17) is 0 Å². The second-order valence-corrected chi connectivity index (χ2v) is 10.9. The molecule has 1 saturated heterocycles. The summed E-state index contributed by atoms with van der Waals surface area (Å²) in [5.41, 5.74) is 0.391. The summed E-state index contributed by atoms with van der Waals surface area (Å²) < 4.78 is 27.4. The molecule has 2 unspecified atom stereocenters. The van der Waals surface area contributed by atoms with Crippen molar-refractivity contribution in [3.8, 4) is 0 Å². The van der Waals surface area contributed by atoms with Crippen LogP contribution in [0.5, 0.6) is 0 Å². The SMILES string of the molecule is CC1CC(C)CN(S(=O)(=O)c2ccc(C(=O)Nc3nnc(C4CC4)s3)cc2)C1. The highest BCUT2D eigenvalue weighted by Gasteiger charge is 2.32. The standard InChI is InChI=1S/C19H24N4O3S2/c1-12-9-13(2)11-23(10-12)28(25,26)16-7-5-14(6-8-16)17(24)20-19-22-21-18(27-19)15-3-4-15/h5-8,12-13,15H,3-4,9-11H2,1-2H3,(H,20,22,24). The summed E-state index contributed by atoms with van der Waals surface area (Å²) in [6.45, 7) is 5.23. The van der Waals surface area contributed by atoms with Gasteiger partial charge in [0.2, 0.25) is 15.2 Å². The first kappa shape index (κ1) is 19.5. The van der Waals surface area contributed by atoms with Crippen molar-refractivity contribution in [3.63, 3.8) is 0 Å². The van der Waals surface area contributed by atoms with Gasteiger partial charge in [-0.3, -0.25) is 10.1 Å². The number of aromatic nitrogens is 2. The molecule has 2 aromatic rings. The van der Waals surface area contributed by atoms with Gasteiger partial charge in [-0.2, -0.15) is 4.31 Å². The molecule has 2 fully saturated rings. The predicted octanol–water partition coefficient (Wildman–Crippen LogP) is 3.33. The van der Waals surface area contributed by atoms with Crippen LogP contribution in [0.25, 0.3) is 0 Å². The van der Waals surface area contributed by atoms with Crippen molar-refractivity contribution >= 4 is 32.4 Å². The zero-order valence-electron chi connectivity index (χ0n) is 16.0. The molecule has 28 heavy (non-hydrogen) atoms. The molecule has 0 radical (unpaired) electrons. The first-order valence-electron chi connectivity index (χ1n) is 9.58. The Morgan fingerprint density at radius 3 is 2.36 bits per heavy atom. The van der Waals surface area contributed by atoms with E-state index in [9.17, 15) is 13.2 Å². The van der Waals surface area contributed by atoms with E-state index < -0.39 is 10.0 Å². The summed E-state index contributed by atoms with van der Waals surface area (Å²) in [4.78, 5) is 12.6. The maximum atomic E-state index is 12.9. The van der Waals surface area contributed by atoms with E-state index in [-0.39, 0.29) is 10.8 Å². The smallest absolute Gasteiger partial charge is 0.257 e. The van der Waals surface area contributed by atoms with Crippen LogP contribution in [0.1, 0.15) is 54.4 Å². The van der Waals surface area contributed by atoms with Crippen LogP contribution >= 0.6 is 11.3 Å². The lowest BCUT2D eigenvalue weighted by Gasteiger charge is -2.34. The number of benzene rings is 1. The third-order valence-electron chi connectivity index (χ3n) is 5.18. The zero-order chi connectivity index (χ0) is 19.9. The Kier molecular flexibility index (Phi) is 5.24. The summed E-state index contributed by atoms with van der Waals surface area (Å²) in [7, 11) is -3.55. The average molecular weight is 421 g/mol. The fourth-order valence-corrected chi connectivity index (χ4v) is 6.27. The van der Waals surface area contributed by atoms with Crippen molar-refractivity contribution in [2.45, 2.75) is 43.9 Å². The minimum absolute atomic E-state index is 0.220. The van der Waals surface area contributed by atoms with Gasteiger partial charge in [0.25, 0.3) is 5.91 Å². The van der Waals surface area contributed by atoms with Crippen LogP contribution in [0.2, 0.25) is 0 Å². The zero-order valence-corrected chi connectivity index (χ0v) is 17.6. The fourth-order valence-electron chi connectivity index (χ4n) is 3.68. The van der Waals surface area contributed by atoms with Gasteiger partial charge in [-0.25, -0.2) is 8.42 Å². The van der Waals surface area contributed by atoms with Crippen LogP contribution in [-0.4, -0.2) is 41.9 Å². The van der Waals surface area contributed by atoms with Crippen LogP contribution in [0, 0.1) is 11.8 Å². The summed E-state index contributed by atoms with van der Waals surface area (Å²) in [5.74, 6) is 0.863. The molecular weight excluding hydrogens is 396 g/mol. The molecule has 1 aliphatic heterocycles. The average Bonchev–Trinajstić information content (AvgIpc) is 3.40. The highest BCUT2D eigenvalue weighted by molar-refractivity contribution is 7.89. The van der Waals surface area contributed by atoms with Crippen LogP contribution in [-0.2, 0) is 10.0 Å². The van der Waals surface area contributed by atoms with Gasteiger partial charge in [0.05, 0.1) is 4.90 Å². The number of nitrogens with one attached hydrogen (secondary N) is 1. The molecule has 1 saturated carbocycles. The van der Waals surface area contributed by atoms with E-state index in [2.05, 4.69) is 29.4 Å². The number of hydrogen-bond acceptors (Lipinski definition) is 6. The lowest BCUT2D eigenvalue weighted by atomic mass is 9.94. The molecule has 1 aromatic carbocycles.